The fourth-order valence-electron chi connectivity index (χ4n) is 11.3. The molecule has 0 radical (unpaired) electrons. The minimum Gasteiger partial charge on any atom is -0.455 e. The third-order valence-electron chi connectivity index (χ3n) is 15.0. The molecule has 0 saturated heterocycles. The van der Waals surface area contributed by atoms with Crippen LogP contribution in [0.4, 0.5) is 34.1 Å². The van der Waals surface area contributed by atoms with Crippen molar-refractivity contribution in [2.75, 3.05) is 9.80 Å². The summed E-state index contributed by atoms with van der Waals surface area (Å²) in [5, 5.41) is 7.09. The van der Waals surface area contributed by atoms with Crippen LogP contribution in [-0.2, 0) is 0 Å². The Morgan fingerprint density at radius 1 is 0.208 bits per heavy atom. The maximum absolute atomic E-state index is 6.57. The van der Waals surface area contributed by atoms with Gasteiger partial charge in [0.2, 0.25) is 0 Å². The van der Waals surface area contributed by atoms with Crippen molar-refractivity contribution < 1.29 is 4.42 Å². The summed E-state index contributed by atoms with van der Waals surface area (Å²) in [5.74, 6) is 0. The molecule has 3 nitrogen and oxygen atoms in total. The van der Waals surface area contributed by atoms with Crippen molar-refractivity contribution in [2.24, 2.45) is 0 Å². The monoisotopic (exact) mass is 982 g/mol. The average molecular weight is 983 g/mol. The van der Waals surface area contributed by atoms with Gasteiger partial charge in [-0.1, -0.05) is 224 Å². The summed E-state index contributed by atoms with van der Waals surface area (Å²) in [5.41, 5.74) is 19.4. The topological polar surface area (TPSA) is 19.6 Å². The largest absolute Gasteiger partial charge is 0.455 e. The van der Waals surface area contributed by atoms with Gasteiger partial charge in [-0.05, 0) is 150 Å². The van der Waals surface area contributed by atoms with E-state index in [-0.39, 0.29) is 0 Å². The molecule has 0 unspecified atom stereocenters. The molecule has 13 aromatic carbocycles. The van der Waals surface area contributed by atoms with Gasteiger partial charge in [-0.3, -0.25) is 0 Å². The average Bonchev–Trinajstić information content (AvgIpc) is 3.95. The number of furan rings is 1. The molecule has 0 spiro atoms. The lowest BCUT2D eigenvalue weighted by Crippen LogP contribution is -2.14. The van der Waals surface area contributed by atoms with Gasteiger partial charge in [-0.2, -0.15) is 0 Å². The molecule has 3 heteroatoms. The molecule has 0 atom stereocenters. The Balaban J connectivity index is 0.997. The van der Waals surface area contributed by atoms with Gasteiger partial charge in [0.05, 0.1) is 0 Å². The second kappa shape index (κ2) is 19.6. The first-order valence-corrected chi connectivity index (χ1v) is 26.3. The number of para-hydroxylation sites is 2. The first kappa shape index (κ1) is 45.4. The molecule has 1 aromatic heterocycles. The summed E-state index contributed by atoms with van der Waals surface area (Å²) in [6.45, 7) is 0. The van der Waals surface area contributed by atoms with Crippen molar-refractivity contribution in [1.29, 1.82) is 0 Å². The van der Waals surface area contributed by atoms with Crippen molar-refractivity contribution in [2.45, 2.75) is 0 Å². The van der Waals surface area contributed by atoms with Crippen LogP contribution in [0, 0.1) is 0 Å². The molecule has 0 saturated carbocycles. The van der Waals surface area contributed by atoms with E-state index < -0.39 is 0 Å². The first-order chi connectivity index (χ1) is 38.2. The number of benzene rings is 13. The van der Waals surface area contributed by atoms with E-state index in [2.05, 4.69) is 301 Å². The first-order valence-electron chi connectivity index (χ1n) is 26.3. The summed E-state index contributed by atoms with van der Waals surface area (Å²) in [6, 6.07) is 110. The molecule has 14 aromatic rings. The molecular weight excluding hydrogens is 933 g/mol. The van der Waals surface area contributed by atoms with Gasteiger partial charge in [0.1, 0.15) is 11.2 Å². The van der Waals surface area contributed by atoms with Gasteiger partial charge in [-0.15, -0.1) is 0 Å². The Morgan fingerprint density at radius 2 is 0.597 bits per heavy atom. The minimum absolute atomic E-state index is 0.889. The molecule has 0 fully saturated rings. The number of rotatable bonds is 11. The second-order valence-electron chi connectivity index (χ2n) is 19.7. The highest BCUT2D eigenvalue weighted by Gasteiger charge is 2.22. The van der Waals surface area contributed by atoms with Gasteiger partial charge < -0.3 is 14.2 Å². The lowest BCUT2D eigenvalue weighted by Gasteiger charge is -2.31. The Kier molecular flexibility index (Phi) is 11.5. The maximum atomic E-state index is 6.57. The third kappa shape index (κ3) is 8.56. The summed E-state index contributed by atoms with van der Waals surface area (Å²) in [4.78, 5) is 4.82. The molecule has 1 heterocycles. The molecule has 0 aliphatic carbocycles. The zero-order chi connectivity index (χ0) is 51.1. The van der Waals surface area contributed by atoms with Crippen LogP contribution in [-0.4, -0.2) is 0 Å². The molecule has 77 heavy (non-hydrogen) atoms. The summed E-state index contributed by atoms with van der Waals surface area (Å²) >= 11 is 0. The zero-order valence-electron chi connectivity index (χ0n) is 42.2. The zero-order valence-corrected chi connectivity index (χ0v) is 42.2. The number of nitrogens with zero attached hydrogens (tertiary/aromatic N) is 2. The van der Waals surface area contributed by atoms with Crippen molar-refractivity contribution in [3.05, 3.63) is 303 Å². The molecule has 362 valence electrons. The van der Waals surface area contributed by atoms with Crippen molar-refractivity contribution in [1.82, 2.24) is 0 Å². The maximum Gasteiger partial charge on any atom is 0.143 e. The van der Waals surface area contributed by atoms with E-state index in [0.29, 0.717) is 0 Å². The summed E-state index contributed by atoms with van der Waals surface area (Å²) in [7, 11) is 0. The van der Waals surface area contributed by atoms with Gasteiger partial charge in [-0.25, -0.2) is 0 Å². The van der Waals surface area contributed by atoms with Gasteiger partial charge in [0.25, 0.3) is 0 Å². The van der Waals surface area contributed by atoms with Crippen LogP contribution >= 0.6 is 0 Å². The summed E-state index contributed by atoms with van der Waals surface area (Å²) in [6.07, 6.45) is 0. The normalized spacial score (nSPS) is 11.4. The van der Waals surface area contributed by atoms with Crippen molar-refractivity contribution >= 4 is 77.6 Å². The molecule has 0 aliphatic heterocycles. The van der Waals surface area contributed by atoms with E-state index >= 15 is 0 Å². The SMILES string of the molecule is c1ccc(-c2ccc(N(c3ccc(-c4ccccc4)cc3)c3cc(-c4cc5ccccc5c5ccccc45)cc(N(c4ccc(-c5ccccc5)cc4)c4ccc(-c5cccc6c5oc5ccccc56)cc4)c3)cc2)cc1. The van der Waals surface area contributed by atoms with E-state index in [4.69, 9.17) is 4.42 Å². The van der Waals surface area contributed by atoms with Crippen LogP contribution in [0.15, 0.2) is 308 Å². The number of hydrogen-bond donors (Lipinski definition) is 0. The highest BCUT2D eigenvalue weighted by molar-refractivity contribution is 6.14. The Bertz CT molecular complexity index is 4310. The Labute approximate surface area is 448 Å². The second-order valence-corrected chi connectivity index (χ2v) is 19.7. The van der Waals surface area contributed by atoms with Crippen LogP contribution < -0.4 is 9.80 Å². The highest BCUT2D eigenvalue weighted by Crippen LogP contribution is 2.47. The van der Waals surface area contributed by atoms with E-state index in [1.807, 2.05) is 12.1 Å². The lowest BCUT2D eigenvalue weighted by atomic mass is 9.92. The standard InChI is InChI=1S/C74H50N2O/c1-4-17-51(18-5-1)54-31-39-60(40-32-54)75(61-41-33-55(34-42-61)52-19-6-2-7-20-52)64-47-59(72-49-58-23-10-11-24-66(58)68-25-12-13-26-69(68)72)48-65(50-64)76(62-43-35-56(36-44-62)53-21-8-3-9-22-53)63-45-37-57(38-46-63)67-28-16-29-71-70-27-14-15-30-73(70)77-74(67)71/h1-50H. The molecular formula is C74H50N2O. The molecule has 0 bridgehead atoms. The third-order valence-corrected chi connectivity index (χ3v) is 15.0. The van der Waals surface area contributed by atoms with Crippen LogP contribution in [0.2, 0.25) is 0 Å². The quantitative estimate of drug-likeness (QED) is 0.120. The van der Waals surface area contributed by atoms with Gasteiger partial charge >= 0.3 is 0 Å². The van der Waals surface area contributed by atoms with E-state index in [9.17, 15) is 0 Å². The molecule has 0 aliphatic rings. The predicted octanol–water partition coefficient (Wildman–Crippen LogP) is 21.2. The number of fused-ring (bicyclic) bond motifs is 6. The van der Waals surface area contributed by atoms with E-state index in [1.54, 1.807) is 0 Å². The van der Waals surface area contributed by atoms with Crippen LogP contribution in [0.5, 0.6) is 0 Å². The van der Waals surface area contributed by atoms with Gasteiger partial charge in [0.15, 0.2) is 0 Å². The number of hydrogen-bond acceptors (Lipinski definition) is 3. The number of anilines is 6. The fourth-order valence-corrected chi connectivity index (χ4v) is 11.3. The molecule has 0 N–H and O–H groups in total. The van der Waals surface area contributed by atoms with Crippen LogP contribution in [0.3, 0.4) is 0 Å². The fraction of sp³-hybridized carbons (Fsp3) is 0. The predicted molar refractivity (Wildman–Crippen MR) is 325 cm³/mol. The smallest absolute Gasteiger partial charge is 0.143 e. The van der Waals surface area contributed by atoms with Crippen LogP contribution in [0.25, 0.3) is 99.1 Å². The lowest BCUT2D eigenvalue weighted by molar-refractivity contribution is 0.670. The Morgan fingerprint density at radius 3 is 1.10 bits per heavy atom. The molecule has 0 amide bonds. The minimum atomic E-state index is 0.889. The van der Waals surface area contributed by atoms with Crippen molar-refractivity contribution in [3.8, 4) is 55.6 Å². The van der Waals surface area contributed by atoms with Gasteiger partial charge in [0, 0.05) is 50.5 Å². The van der Waals surface area contributed by atoms with E-state index in [1.165, 1.54) is 38.2 Å². The Hall–Kier alpha value is -10.2. The van der Waals surface area contributed by atoms with E-state index in [0.717, 1.165) is 95.0 Å². The summed E-state index contributed by atoms with van der Waals surface area (Å²) < 4.78 is 6.57. The van der Waals surface area contributed by atoms with Crippen molar-refractivity contribution in [3.63, 3.8) is 0 Å². The van der Waals surface area contributed by atoms with Crippen LogP contribution in [0.1, 0.15) is 0 Å². The molecule has 14 rings (SSSR count). The highest BCUT2D eigenvalue weighted by atomic mass is 16.3.